The minimum absolute atomic E-state index is 0.00842. The lowest BCUT2D eigenvalue weighted by molar-refractivity contribution is -0.116. The molecule has 34 heavy (non-hydrogen) atoms. The van der Waals surface area contributed by atoms with E-state index in [2.05, 4.69) is 40.7 Å². The predicted molar refractivity (Wildman–Crippen MR) is 132 cm³/mol. The number of rotatable bonds is 9. The second-order valence-corrected chi connectivity index (χ2v) is 7.62. The average Bonchev–Trinajstić information content (AvgIpc) is 3.39. The summed E-state index contributed by atoms with van der Waals surface area (Å²) in [6.45, 7) is 1.16. The molecular weight excluding hydrogens is 424 g/mol. The minimum Gasteiger partial charge on any atom is -0.479 e. The molecule has 1 aromatic heterocycles. The highest BCUT2D eigenvalue weighted by Gasteiger charge is 2.06. The standard InChI is InChI=1S/C28H24N4O2/c29-16-19-34-26-13-8-22(9-14-26)10-15-28(33)30-20-25-4-1-2-5-27(25)24-11-6-23(7-12-24)21-32-18-3-17-31-32/h1-15,17-18H,19-21H2,(H,30,33)/b15-10+. The van der Waals surface area contributed by atoms with Crippen LogP contribution in [-0.4, -0.2) is 22.3 Å². The van der Waals surface area contributed by atoms with Gasteiger partial charge in [0.05, 0.1) is 6.54 Å². The number of benzene rings is 3. The third kappa shape index (κ3) is 6.21. The van der Waals surface area contributed by atoms with Crippen molar-refractivity contribution in [1.29, 1.82) is 5.26 Å². The first-order valence-corrected chi connectivity index (χ1v) is 10.9. The highest BCUT2D eigenvalue weighted by molar-refractivity contribution is 5.91. The first-order chi connectivity index (χ1) is 16.7. The van der Waals surface area contributed by atoms with Crippen LogP contribution in [0.5, 0.6) is 5.75 Å². The number of amides is 1. The second kappa shape index (κ2) is 11.3. The van der Waals surface area contributed by atoms with E-state index < -0.39 is 0 Å². The molecule has 0 aliphatic rings. The molecular formula is C28H24N4O2. The van der Waals surface area contributed by atoms with E-state index in [0.717, 1.165) is 28.8 Å². The Balaban J connectivity index is 1.36. The molecule has 0 unspecified atom stereocenters. The normalized spacial score (nSPS) is 10.7. The fourth-order valence-corrected chi connectivity index (χ4v) is 3.53. The Morgan fingerprint density at radius 1 is 1.03 bits per heavy atom. The Bertz CT molecular complexity index is 1290. The Morgan fingerprint density at radius 2 is 1.82 bits per heavy atom. The number of hydrogen-bond donors (Lipinski definition) is 1. The molecule has 0 aliphatic heterocycles. The van der Waals surface area contributed by atoms with Gasteiger partial charge in [-0.15, -0.1) is 0 Å². The molecule has 4 rings (SSSR count). The molecule has 0 fully saturated rings. The van der Waals surface area contributed by atoms with E-state index in [-0.39, 0.29) is 12.5 Å². The fraction of sp³-hybridized carbons (Fsp3) is 0.107. The summed E-state index contributed by atoms with van der Waals surface area (Å²) >= 11 is 0. The number of carbonyl (C=O) groups excluding carboxylic acids is 1. The van der Waals surface area contributed by atoms with Crippen molar-refractivity contribution in [3.63, 3.8) is 0 Å². The highest BCUT2D eigenvalue weighted by atomic mass is 16.5. The van der Waals surface area contributed by atoms with Gasteiger partial charge in [-0.25, -0.2) is 0 Å². The third-order valence-corrected chi connectivity index (χ3v) is 5.25. The van der Waals surface area contributed by atoms with Gasteiger partial charge in [0.1, 0.15) is 11.8 Å². The molecule has 0 aliphatic carbocycles. The van der Waals surface area contributed by atoms with Crippen LogP contribution in [0.4, 0.5) is 0 Å². The van der Waals surface area contributed by atoms with Crippen molar-refractivity contribution in [3.05, 3.63) is 114 Å². The lowest BCUT2D eigenvalue weighted by atomic mass is 9.98. The number of ether oxygens (including phenoxy) is 1. The van der Waals surface area contributed by atoms with Gasteiger partial charge in [-0.1, -0.05) is 60.7 Å². The van der Waals surface area contributed by atoms with E-state index in [4.69, 9.17) is 10.00 Å². The second-order valence-electron chi connectivity index (χ2n) is 7.62. The SMILES string of the molecule is N#CCOc1ccc(/C=C/C(=O)NCc2ccccc2-c2ccc(Cn3cccn3)cc2)cc1. The first kappa shape index (κ1) is 22.6. The molecule has 0 spiro atoms. The minimum atomic E-state index is -0.172. The molecule has 0 atom stereocenters. The Labute approximate surface area is 198 Å². The first-order valence-electron chi connectivity index (χ1n) is 10.9. The van der Waals surface area contributed by atoms with E-state index in [1.54, 1.807) is 24.4 Å². The molecule has 1 amide bonds. The van der Waals surface area contributed by atoms with E-state index in [1.165, 1.54) is 11.6 Å². The van der Waals surface area contributed by atoms with Crippen LogP contribution < -0.4 is 10.1 Å². The number of nitrogens with one attached hydrogen (secondary N) is 1. The molecule has 1 heterocycles. The quantitative estimate of drug-likeness (QED) is 0.372. The van der Waals surface area contributed by atoms with Crippen molar-refractivity contribution in [2.24, 2.45) is 0 Å². The topological polar surface area (TPSA) is 79.9 Å². The van der Waals surface area contributed by atoms with Crippen LogP contribution in [0.15, 0.2) is 97.3 Å². The van der Waals surface area contributed by atoms with Gasteiger partial charge in [-0.2, -0.15) is 10.4 Å². The van der Waals surface area contributed by atoms with E-state index >= 15 is 0 Å². The van der Waals surface area contributed by atoms with Crippen molar-refractivity contribution < 1.29 is 9.53 Å². The molecule has 4 aromatic rings. The Morgan fingerprint density at radius 3 is 2.56 bits per heavy atom. The van der Waals surface area contributed by atoms with Crippen LogP contribution in [0.3, 0.4) is 0 Å². The number of hydrogen-bond acceptors (Lipinski definition) is 4. The summed E-state index contributed by atoms with van der Waals surface area (Å²) in [6.07, 6.45) is 6.98. The van der Waals surface area contributed by atoms with Crippen molar-refractivity contribution in [3.8, 4) is 22.9 Å². The third-order valence-electron chi connectivity index (χ3n) is 5.25. The summed E-state index contributed by atoms with van der Waals surface area (Å²) in [5, 5.41) is 15.8. The van der Waals surface area contributed by atoms with Gasteiger partial charge in [0.2, 0.25) is 5.91 Å². The van der Waals surface area contributed by atoms with E-state index in [9.17, 15) is 4.79 Å². The lowest BCUT2D eigenvalue weighted by Gasteiger charge is -2.11. The van der Waals surface area contributed by atoms with Gasteiger partial charge in [-0.05, 0) is 52.1 Å². The van der Waals surface area contributed by atoms with Crippen LogP contribution in [0.2, 0.25) is 0 Å². The molecule has 168 valence electrons. The number of nitriles is 1. The molecule has 1 N–H and O–H groups in total. The maximum atomic E-state index is 12.4. The predicted octanol–water partition coefficient (Wildman–Crippen LogP) is 4.83. The fourth-order valence-electron chi connectivity index (χ4n) is 3.53. The summed E-state index contributed by atoms with van der Waals surface area (Å²) in [4.78, 5) is 12.4. The van der Waals surface area contributed by atoms with Crippen LogP contribution in [-0.2, 0) is 17.9 Å². The summed E-state index contributed by atoms with van der Waals surface area (Å²) in [6, 6.07) is 27.5. The largest absolute Gasteiger partial charge is 0.479 e. The molecule has 0 saturated heterocycles. The zero-order chi connectivity index (χ0) is 23.6. The molecule has 0 bridgehead atoms. The zero-order valence-corrected chi connectivity index (χ0v) is 18.6. The molecule has 3 aromatic carbocycles. The highest BCUT2D eigenvalue weighted by Crippen LogP contribution is 2.24. The lowest BCUT2D eigenvalue weighted by Crippen LogP contribution is -2.20. The molecule has 6 heteroatoms. The summed E-state index contributed by atoms with van der Waals surface area (Å²) in [7, 11) is 0. The maximum Gasteiger partial charge on any atom is 0.244 e. The van der Waals surface area contributed by atoms with Gasteiger partial charge >= 0.3 is 0 Å². The summed E-state index contributed by atoms with van der Waals surface area (Å²) in [5.41, 5.74) is 5.28. The number of nitrogens with zero attached hydrogens (tertiary/aromatic N) is 3. The maximum absolute atomic E-state index is 12.4. The van der Waals surface area contributed by atoms with Crippen LogP contribution in [0, 0.1) is 11.3 Å². The van der Waals surface area contributed by atoms with Gasteiger partial charge in [0, 0.05) is 25.0 Å². The Hall–Kier alpha value is -4.63. The van der Waals surface area contributed by atoms with Gasteiger partial charge < -0.3 is 10.1 Å². The van der Waals surface area contributed by atoms with Crippen LogP contribution in [0.25, 0.3) is 17.2 Å². The molecule has 0 radical (unpaired) electrons. The molecule has 0 saturated carbocycles. The van der Waals surface area contributed by atoms with Gasteiger partial charge in [-0.3, -0.25) is 9.48 Å². The summed E-state index contributed by atoms with van der Waals surface area (Å²) < 4.78 is 7.12. The van der Waals surface area contributed by atoms with E-state index in [0.29, 0.717) is 12.3 Å². The van der Waals surface area contributed by atoms with Crippen LogP contribution in [0.1, 0.15) is 16.7 Å². The van der Waals surface area contributed by atoms with E-state index in [1.807, 2.05) is 53.3 Å². The number of carbonyl (C=O) groups is 1. The van der Waals surface area contributed by atoms with Crippen molar-refractivity contribution in [2.45, 2.75) is 13.1 Å². The smallest absolute Gasteiger partial charge is 0.244 e. The van der Waals surface area contributed by atoms with Crippen molar-refractivity contribution in [1.82, 2.24) is 15.1 Å². The van der Waals surface area contributed by atoms with Crippen molar-refractivity contribution in [2.75, 3.05) is 6.61 Å². The zero-order valence-electron chi connectivity index (χ0n) is 18.6. The monoisotopic (exact) mass is 448 g/mol. The van der Waals surface area contributed by atoms with Crippen molar-refractivity contribution >= 4 is 12.0 Å². The average molecular weight is 449 g/mol. The molecule has 6 nitrogen and oxygen atoms in total. The van der Waals surface area contributed by atoms with Crippen LogP contribution >= 0.6 is 0 Å². The Kier molecular flexibility index (Phi) is 7.50. The number of aromatic nitrogens is 2. The van der Waals surface area contributed by atoms with Gasteiger partial charge in [0.25, 0.3) is 0 Å². The van der Waals surface area contributed by atoms with Gasteiger partial charge in [0.15, 0.2) is 6.61 Å². The summed E-state index contributed by atoms with van der Waals surface area (Å²) in [5.74, 6) is 0.448.